The fraction of sp³-hybridized carbons (Fsp3) is 0.188. The smallest absolute Gasteiger partial charge is 0.270 e. The van der Waals surface area contributed by atoms with Gasteiger partial charge in [0.05, 0.1) is 10.5 Å². The molecule has 0 atom stereocenters. The largest absolute Gasteiger partial charge is 0.488 e. The van der Waals surface area contributed by atoms with Crippen LogP contribution >= 0.6 is 0 Å². The van der Waals surface area contributed by atoms with Gasteiger partial charge >= 0.3 is 0 Å². The Balaban J connectivity index is 2.24. The highest BCUT2D eigenvalue weighted by atomic mass is 16.6. The number of ether oxygens (including phenoxy) is 1. The molecule has 0 aliphatic rings. The number of benzene rings is 2. The SMILES string of the molecule is Cc1cccc(C)c1COc1ccc([N+](=O)[O-])cc1C=O. The molecule has 0 aliphatic carbocycles. The lowest BCUT2D eigenvalue weighted by Crippen LogP contribution is -2.02. The van der Waals surface area contributed by atoms with Crippen LogP contribution in [0.1, 0.15) is 27.0 Å². The summed E-state index contributed by atoms with van der Waals surface area (Å²) in [5.41, 5.74) is 3.30. The third-order valence-corrected chi connectivity index (χ3v) is 3.35. The number of carbonyl (C=O) groups is 1. The fourth-order valence-corrected chi connectivity index (χ4v) is 2.10. The van der Waals surface area contributed by atoms with Crippen LogP contribution in [0.4, 0.5) is 5.69 Å². The van der Waals surface area contributed by atoms with Crippen molar-refractivity contribution in [2.75, 3.05) is 0 Å². The molecule has 2 rings (SSSR count). The minimum absolute atomic E-state index is 0.128. The highest BCUT2D eigenvalue weighted by molar-refractivity contribution is 5.80. The summed E-state index contributed by atoms with van der Waals surface area (Å²) in [5.74, 6) is 0.346. The van der Waals surface area contributed by atoms with Crippen molar-refractivity contribution in [3.05, 3.63) is 68.8 Å². The molecule has 2 aromatic carbocycles. The number of nitro groups is 1. The standard InChI is InChI=1S/C16H15NO4/c1-11-4-3-5-12(2)15(11)10-21-16-7-6-14(17(19)20)8-13(16)9-18/h3-9H,10H2,1-2H3. The molecule has 0 bridgehead atoms. The lowest BCUT2D eigenvalue weighted by atomic mass is 10.0. The number of hydrogen-bond acceptors (Lipinski definition) is 4. The van der Waals surface area contributed by atoms with Crippen LogP contribution in [0.2, 0.25) is 0 Å². The minimum Gasteiger partial charge on any atom is -0.488 e. The summed E-state index contributed by atoms with van der Waals surface area (Å²) < 4.78 is 5.66. The quantitative estimate of drug-likeness (QED) is 0.478. The van der Waals surface area contributed by atoms with Gasteiger partial charge in [-0.05, 0) is 36.6 Å². The summed E-state index contributed by atoms with van der Waals surface area (Å²) in [7, 11) is 0. The Hall–Kier alpha value is -2.69. The van der Waals surface area contributed by atoms with E-state index in [-0.39, 0.29) is 11.3 Å². The van der Waals surface area contributed by atoms with Crippen LogP contribution in [0.25, 0.3) is 0 Å². The van der Waals surface area contributed by atoms with E-state index in [0.717, 1.165) is 16.7 Å². The number of carbonyl (C=O) groups excluding carboxylic acids is 1. The first-order chi connectivity index (χ1) is 10.0. The van der Waals surface area contributed by atoms with Gasteiger partial charge in [0.25, 0.3) is 5.69 Å². The van der Waals surface area contributed by atoms with Crippen molar-refractivity contribution in [1.29, 1.82) is 0 Å². The third-order valence-electron chi connectivity index (χ3n) is 3.35. The van der Waals surface area contributed by atoms with Gasteiger partial charge in [0, 0.05) is 12.1 Å². The molecule has 0 radical (unpaired) electrons. The topological polar surface area (TPSA) is 69.4 Å². The molecule has 108 valence electrons. The number of rotatable bonds is 5. The van der Waals surface area contributed by atoms with Crippen LogP contribution in [-0.2, 0) is 6.61 Å². The lowest BCUT2D eigenvalue weighted by Gasteiger charge is -2.12. The van der Waals surface area contributed by atoms with Crippen molar-refractivity contribution in [3.63, 3.8) is 0 Å². The molecule has 0 saturated heterocycles. The second-order valence-corrected chi connectivity index (χ2v) is 4.76. The second-order valence-electron chi connectivity index (χ2n) is 4.76. The molecule has 0 saturated carbocycles. The Morgan fingerprint density at radius 3 is 2.43 bits per heavy atom. The van der Waals surface area contributed by atoms with E-state index >= 15 is 0 Å². The van der Waals surface area contributed by atoms with Gasteiger partial charge in [0.2, 0.25) is 0 Å². The molecule has 0 aliphatic heterocycles. The predicted octanol–water partition coefficient (Wildman–Crippen LogP) is 3.60. The van der Waals surface area contributed by atoms with E-state index in [0.29, 0.717) is 18.6 Å². The van der Waals surface area contributed by atoms with E-state index in [2.05, 4.69) is 0 Å². The highest BCUT2D eigenvalue weighted by Gasteiger charge is 2.12. The molecule has 5 nitrogen and oxygen atoms in total. The molecule has 5 heteroatoms. The van der Waals surface area contributed by atoms with Crippen molar-refractivity contribution in [1.82, 2.24) is 0 Å². The average molecular weight is 285 g/mol. The number of aldehydes is 1. The number of non-ortho nitro benzene ring substituents is 1. The van der Waals surface area contributed by atoms with E-state index < -0.39 is 4.92 Å². The number of hydrogen-bond donors (Lipinski definition) is 0. The molecule has 0 N–H and O–H groups in total. The molecule has 0 fully saturated rings. The summed E-state index contributed by atoms with van der Waals surface area (Å²) in [4.78, 5) is 21.2. The van der Waals surface area contributed by atoms with Crippen LogP contribution < -0.4 is 4.74 Å². The normalized spacial score (nSPS) is 10.2. The van der Waals surface area contributed by atoms with Gasteiger partial charge in [-0.2, -0.15) is 0 Å². The second kappa shape index (κ2) is 6.17. The van der Waals surface area contributed by atoms with E-state index in [1.54, 1.807) is 0 Å². The van der Waals surface area contributed by atoms with Crippen molar-refractivity contribution in [2.24, 2.45) is 0 Å². The van der Waals surface area contributed by atoms with E-state index in [9.17, 15) is 14.9 Å². The molecule has 0 amide bonds. The first kappa shape index (κ1) is 14.7. The van der Waals surface area contributed by atoms with Gasteiger partial charge in [-0.3, -0.25) is 14.9 Å². The molecule has 0 spiro atoms. The Morgan fingerprint density at radius 2 is 1.86 bits per heavy atom. The Labute approximate surface area is 122 Å². The van der Waals surface area contributed by atoms with Crippen molar-refractivity contribution >= 4 is 12.0 Å². The van der Waals surface area contributed by atoms with Gasteiger partial charge in [-0.15, -0.1) is 0 Å². The van der Waals surface area contributed by atoms with Crippen LogP contribution in [0.3, 0.4) is 0 Å². The predicted molar refractivity (Wildman–Crippen MR) is 78.7 cm³/mol. The van der Waals surface area contributed by atoms with Crippen LogP contribution in [0, 0.1) is 24.0 Å². The molecular formula is C16H15NO4. The van der Waals surface area contributed by atoms with Gasteiger partial charge in [0.15, 0.2) is 6.29 Å². The average Bonchev–Trinajstić information content (AvgIpc) is 2.46. The molecular weight excluding hydrogens is 270 g/mol. The maximum absolute atomic E-state index is 11.0. The van der Waals surface area contributed by atoms with E-state index in [1.807, 2.05) is 32.0 Å². The monoisotopic (exact) mass is 285 g/mol. The fourth-order valence-electron chi connectivity index (χ4n) is 2.10. The zero-order valence-electron chi connectivity index (χ0n) is 11.8. The van der Waals surface area contributed by atoms with E-state index in [4.69, 9.17) is 4.74 Å². The molecule has 0 unspecified atom stereocenters. The van der Waals surface area contributed by atoms with Crippen molar-refractivity contribution < 1.29 is 14.5 Å². The zero-order valence-corrected chi connectivity index (χ0v) is 11.8. The third kappa shape index (κ3) is 3.25. The summed E-state index contributed by atoms with van der Waals surface area (Å²) in [6.45, 7) is 4.29. The molecule has 2 aromatic rings. The summed E-state index contributed by atoms with van der Waals surface area (Å²) in [5, 5.41) is 10.7. The van der Waals surface area contributed by atoms with E-state index in [1.165, 1.54) is 18.2 Å². The maximum Gasteiger partial charge on any atom is 0.270 e. The lowest BCUT2D eigenvalue weighted by molar-refractivity contribution is -0.384. The Morgan fingerprint density at radius 1 is 1.19 bits per heavy atom. The number of aryl methyl sites for hydroxylation is 2. The van der Waals surface area contributed by atoms with Gasteiger partial charge in [0.1, 0.15) is 12.4 Å². The first-order valence-electron chi connectivity index (χ1n) is 6.44. The van der Waals surface area contributed by atoms with Crippen molar-refractivity contribution in [3.8, 4) is 5.75 Å². The van der Waals surface area contributed by atoms with Gasteiger partial charge < -0.3 is 4.74 Å². The summed E-state index contributed by atoms with van der Waals surface area (Å²) in [6.07, 6.45) is 0.563. The molecule has 0 aromatic heterocycles. The Bertz CT molecular complexity index is 674. The first-order valence-corrected chi connectivity index (χ1v) is 6.44. The van der Waals surface area contributed by atoms with Gasteiger partial charge in [-0.25, -0.2) is 0 Å². The number of nitro benzene ring substituents is 1. The maximum atomic E-state index is 11.0. The molecule has 0 heterocycles. The number of nitrogens with zero attached hydrogens (tertiary/aromatic N) is 1. The Kier molecular flexibility index (Phi) is 4.33. The van der Waals surface area contributed by atoms with Gasteiger partial charge in [-0.1, -0.05) is 18.2 Å². The molecule has 21 heavy (non-hydrogen) atoms. The van der Waals surface area contributed by atoms with Crippen LogP contribution in [-0.4, -0.2) is 11.2 Å². The highest BCUT2D eigenvalue weighted by Crippen LogP contribution is 2.24. The van der Waals surface area contributed by atoms with Crippen molar-refractivity contribution in [2.45, 2.75) is 20.5 Å². The summed E-state index contributed by atoms with van der Waals surface area (Å²) >= 11 is 0. The summed E-state index contributed by atoms with van der Waals surface area (Å²) in [6, 6.07) is 9.94. The van der Waals surface area contributed by atoms with Crippen LogP contribution in [0.15, 0.2) is 36.4 Å². The zero-order chi connectivity index (χ0) is 15.4. The van der Waals surface area contributed by atoms with Crippen LogP contribution in [0.5, 0.6) is 5.75 Å². The minimum atomic E-state index is -0.539.